The monoisotopic (exact) mass is 286 g/mol. The van der Waals surface area contributed by atoms with E-state index in [4.69, 9.17) is 21.8 Å². The second-order valence-electron chi connectivity index (χ2n) is 4.04. The number of hydrogen-bond donors (Lipinski definition) is 3. The number of likely N-dealkylation sites (N-methyl/N-ethyl adjacent to an activating group) is 1. The van der Waals surface area contributed by atoms with Crippen LogP contribution in [0.5, 0.6) is 0 Å². The van der Waals surface area contributed by atoms with Gasteiger partial charge in [-0.05, 0) is 19.1 Å². The topological polar surface area (TPSA) is 89.9 Å². The molecule has 2 amide bonds. The van der Waals surface area contributed by atoms with E-state index < -0.39 is 12.0 Å². The fourth-order valence-electron chi connectivity index (χ4n) is 1.37. The molecule has 104 valence electrons. The average molecular weight is 287 g/mol. The zero-order valence-corrected chi connectivity index (χ0v) is 11.3. The van der Waals surface area contributed by atoms with Gasteiger partial charge in [-0.25, -0.2) is 9.59 Å². The van der Waals surface area contributed by atoms with Crippen LogP contribution in [0, 0.1) is 0 Å². The minimum Gasteiger partial charge on any atom is -0.478 e. The molecule has 1 unspecified atom stereocenters. The Kier molecular flexibility index (Phi) is 5.14. The fraction of sp³-hybridized carbons (Fsp3) is 0.333. The summed E-state index contributed by atoms with van der Waals surface area (Å²) in [6.45, 7) is 1.47. The first-order chi connectivity index (χ1) is 8.88. The van der Waals surface area contributed by atoms with E-state index in [0.717, 1.165) is 0 Å². The second kappa shape index (κ2) is 6.40. The van der Waals surface area contributed by atoms with Crippen molar-refractivity contribution in [3.8, 4) is 0 Å². The summed E-state index contributed by atoms with van der Waals surface area (Å²) >= 11 is 5.79. The maximum absolute atomic E-state index is 11.9. The molecular formula is C12H15ClN2O4. The Balaban J connectivity index is 2.97. The molecule has 0 bridgehead atoms. The Morgan fingerprint density at radius 1 is 1.47 bits per heavy atom. The van der Waals surface area contributed by atoms with Crippen LogP contribution in [0.1, 0.15) is 17.3 Å². The molecule has 0 saturated heterocycles. The van der Waals surface area contributed by atoms with Gasteiger partial charge in [-0.3, -0.25) is 0 Å². The Morgan fingerprint density at radius 2 is 2.11 bits per heavy atom. The highest BCUT2D eigenvalue weighted by molar-refractivity contribution is 6.34. The highest BCUT2D eigenvalue weighted by Gasteiger charge is 2.19. The number of aromatic carboxylic acids is 1. The van der Waals surface area contributed by atoms with E-state index in [1.165, 1.54) is 24.1 Å². The van der Waals surface area contributed by atoms with Crippen LogP contribution >= 0.6 is 11.6 Å². The number of amides is 2. The van der Waals surface area contributed by atoms with Gasteiger partial charge in [0.25, 0.3) is 0 Å². The smallest absolute Gasteiger partial charge is 0.339 e. The van der Waals surface area contributed by atoms with Crippen LogP contribution in [0.25, 0.3) is 0 Å². The lowest BCUT2D eigenvalue weighted by molar-refractivity contribution is 0.0698. The molecule has 0 spiro atoms. The molecule has 0 fully saturated rings. The number of nitrogens with one attached hydrogen (secondary N) is 1. The molecule has 0 aliphatic rings. The molecule has 1 aromatic carbocycles. The lowest BCUT2D eigenvalue weighted by Crippen LogP contribution is -2.40. The van der Waals surface area contributed by atoms with Crippen LogP contribution in [-0.4, -0.2) is 46.8 Å². The van der Waals surface area contributed by atoms with Gasteiger partial charge in [0.1, 0.15) is 5.56 Å². The summed E-state index contributed by atoms with van der Waals surface area (Å²) in [6.07, 6.45) is 0. The van der Waals surface area contributed by atoms with Crippen molar-refractivity contribution in [2.24, 2.45) is 0 Å². The highest BCUT2D eigenvalue weighted by atomic mass is 35.5. The summed E-state index contributed by atoms with van der Waals surface area (Å²) < 4.78 is 0. The molecule has 3 N–H and O–H groups in total. The Morgan fingerprint density at radius 3 is 2.63 bits per heavy atom. The zero-order valence-electron chi connectivity index (χ0n) is 10.6. The standard InChI is InChI=1S/C12H15ClN2O4/c1-7(6-16)15(2)12(19)14-9-5-3-4-8(13)10(9)11(17)18/h3-5,7,16H,6H2,1-2H3,(H,14,19)(H,17,18). The van der Waals surface area contributed by atoms with Gasteiger partial charge in [0.05, 0.1) is 23.4 Å². The number of urea groups is 1. The van der Waals surface area contributed by atoms with Crippen molar-refractivity contribution in [2.45, 2.75) is 13.0 Å². The molecule has 6 nitrogen and oxygen atoms in total. The van der Waals surface area contributed by atoms with Crippen LogP contribution in [0.2, 0.25) is 5.02 Å². The number of carbonyl (C=O) groups is 2. The molecule has 1 rings (SSSR count). The molecule has 0 radical (unpaired) electrons. The summed E-state index contributed by atoms with van der Waals surface area (Å²) in [5.74, 6) is -1.22. The Hall–Kier alpha value is -1.79. The second-order valence-corrected chi connectivity index (χ2v) is 4.45. The number of halogens is 1. The molecule has 0 saturated carbocycles. The van der Waals surface area contributed by atoms with E-state index >= 15 is 0 Å². The van der Waals surface area contributed by atoms with Crippen molar-refractivity contribution in [3.63, 3.8) is 0 Å². The van der Waals surface area contributed by atoms with E-state index in [9.17, 15) is 9.59 Å². The molecule has 0 aliphatic carbocycles. The lowest BCUT2D eigenvalue weighted by atomic mass is 10.2. The van der Waals surface area contributed by atoms with Gasteiger partial charge in [-0.2, -0.15) is 0 Å². The third kappa shape index (κ3) is 3.59. The summed E-state index contributed by atoms with van der Waals surface area (Å²) in [4.78, 5) is 24.2. The minimum atomic E-state index is -1.22. The van der Waals surface area contributed by atoms with Gasteiger partial charge in [-0.15, -0.1) is 0 Å². The fourth-order valence-corrected chi connectivity index (χ4v) is 1.63. The third-order valence-electron chi connectivity index (χ3n) is 2.71. The largest absolute Gasteiger partial charge is 0.478 e. The summed E-state index contributed by atoms with van der Waals surface area (Å²) in [5, 5.41) is 20.5. The van der Waals surface area contributed by atoms with Gasteiger partial charge >= 0.3 is 12.0 Å². The summed E-state index contributed by atoms with van der Waals surface area (Å²) in [5.41, 5.74) is -0.0513. The molecule has 0 aliphatic heterocycles. The predicted molar refractivity (Wildman–Crippen MR) is 71.7 cm³/mol. The summed E-state index contributed by atoms with van der Waals surface area (Å²) in [6, 6.07) is 3.52. The van der Waals surface area contributed by atoms with E-state index in [2.05, 4.69) is 5.32 Å². The number of aliphatic hydroxyl groups excluding tert-OH is 1. The molecule has 0 aromatic heterocycles. The van der Waals surface area contributed by atoms with Crippen molar-refractivity contribution in [3.05, 3.63) is 28.8 Å². The van der Waals surface area contributed by atoms with Gasteiger partial charge in [0.15, 0.2) is 0 Å². The van der Waals surface area contributed by atoms with Gasteiger partial charge in [0.2, 0.25) is 0 Å². The molecule has 1 aromatic rings. The number of carboxylic acids is 1. The number of nitrogens with zero attached hydrogens (tertiary/aromatic N) is 1. The van der Waals surface area contributed by atoms with Crippen LogP contribution < -0.4 is 5.32 Å². The predicted octanol–water partition coefficient (Wildman–Crippen LogP) is 1.88. The van der Waals surface area contributed by atoms with Crippen molar-refractivity contribution in [2.75, 3.05) is 19.0 Å². The zero-order chi connectivity index (χ0) is 14.6. The number of carbonyl (C=O) groups excluding carboxylic acids is 1. The lowest BCUT2D eigenvalue weighted by Gasteiger charge is -2.23. The van der Waals surface area contributed by atoms with Crippen LogP contribution in [0.15, 0.2) is 18.2 Å². The average Bonchev–Trinajstić information content (AvgIpc) is 2.36. The maximum Gasteiger partial charge on any atom is 0.339 e. The number of aliphatic hydroxyl groups is 1. The first kappa shape index (κ1) is 15.3. The molecule has 0 heterocycles. The highest BCUT2D eigenvalue weighted by Crippen LogP contribution is 2.24. The van der Waals surface area contributed by atoms with E-state index in [0.29, 0.717) is 0 Å². The van der Waals surface area contributed by atoms with E-state index in [-0.39, 0.29) is 28.9 Å². The van der Waals surface area contributed by atoms with E-state index in [1.807, 2.05) is 0 Å². The quantitative estimate of drug-likeness (QED) is 0.788. The van der Waals surface area contributed by atoms with Gasteiger partial charge < -0.3 is 20.4 Å². The Labute approximate surface area is 115 Å². The van der Waals surface area contributed by atoms with Crippen LogP contribution in [-0.2, 0) is 0 Å². The maximum atomic E-state index is 11.9. The summed E-state index contributed by atoms with van der Waals surface area (Å²) in [7, 11) is 1.50. The number of rotatable bonds is 4. The molecule has 19 heavy (non-hydrogen) atoms. The number of benzene rings is 1. The third-order valence-corrected chi connectivity index (χ3v) is 3.03. The van der Waals surface area contributed by atoms with Gasteiger partial charge in [-0.1, -0.05) is 17.7 Å². The molecule has 1 atom stereocenters. The Bertz CT molecular complexity index is 493. The molecule has 7 heteroatoms. The van der Waals surface area contributed by atoms with E-state index in [1.54, 1.807) is 13.0 Å². The molecular weight excluding hydrogens is 272 g/mol. The first-order valence-corrected chi connectivity index (χ1v) is 5.92. The normalized spacial score (nSPS) is 11.8. The number of carboxylic acid groups (broad SMARTS) is 1. The SMILES string of the molecule is CC(CO)N(C)C(=O)Nc1cccc(Cl)c1C(=O)O. The van der Waals surface area contributed by atoms with Crippen molar-refractivity contribution < 1.29 is 19.8 Å². The number of hydrogen-bond acceptors (Lipinski definition) is 3. The van der Waals surface area contributed by atoms with Crippen molar-refractivity contribution in [1.82, 2.24) is 4.90 Å². The van der Waals surface area contributed by atoms with Crippen LogP contribution in [0.4, 0.5) is 10.5 Å². The van der Waals surface area contributed by atoms with Crippen LogP contribution in [0.3, 0.4) is 0 Å². The number of anilines is 1. The van der Waals surface area contributed by atoms with Gasteiger partial charge in [0, 0.05) is 7.05 Å². The van der Waals surface area contributed by atoms with Crippen molar-refractivity contribution in [1.29, 1.82) is 0 Å². The van der Waals surface area contributed by atoms with Crippen molar-refractivity contribution >= 4 is 29.3 Å². The first-order valence-electron chi connectivity index (χ1n) is 5.55. The minimum absolute atomic E-state index is 0.0446.